The second-order valence-corrected chi connectivity index (χ2v) is 8.03. The van der Waals surface area contributed by atoms with Crippen LogP contribution in [0.4, 0.5) is 28.3 Å². The van der Waals surface area contributed by atoms with Crippen molar-refractivity contribution in [1.82, 2.24) is 29.7 Å². The molecule has 182 valence electrons. The Morgan fingerprint density at radius 2 is 1.77 bits per heavy atom. The van der Waals surface area contributed by atoms with Gasteiger partial charge in [0.25, 0.3) is 0 Å². The molecule has 0 saturated carbocycles. The van der Waals surface area contributed by atoms with E-state index in [0.717, 1.165) is 24.0 Å². The molecule has 2 amide bonds. The van der Waals surface area contributed by atoms with Crippen LogP contribution >= 0.6 is 0 Å². The molecule has 1 unspecified atom stereocenters. The van der Waals surface area contributed by atoms with Gasteiger partial charge in [-0.25, -0.2) is 23.9 Å². The number of piperazine rings is 1. The van der Waals surface area contributed by atoms with E-state index in [1.165, 1.54) is 5.01 Å². The third-order valence-electron chi connectivity index (χ3n) is 5.89. The average Bonchev–Trinajstić information content (AvgIpc) is 3.55. The van der Waals surface area contributed by atoms with Crippen LogP contribution in [0.25, 0.3) is 5.82 Å². The second-order valence-electron chi connectivity index (χ2n) is 8.03. The minimum atomic E-state index is -4.73. The lowest BCUT2D eigenvalue weighted by atomic mass is 10.1. The first kappa shape index (κ1) is 22.7. The highest BCUT2D eigenvalue weighted by molar-refractivity contribution is 5.78. The Labute approximate surface area is 197 Å². The van der Waals surface area contributed by atoms with Gasteiger partial charge >= 0.3 is 12.2 Å². The molecule has 9 nitrogen and oxygen atoms in total. The van der Waals surface area contributed by atoms with E-state index in [2.05, 4.69) is 20.2 Å². The quantitative estimate of drug-likeness (QED) is 0.527. The van der Waals surface area contributed by atoms with Crippen LogP contribution in [0.2, 0.25) is 0 Å². The van der Waals surface area contributed by atoms with Gasteiger partial charge in [0.15, 0.2) is 11.6 Å². The van der Waals surface area contributed by atoms with E-state index in [-0.39, 0.29) is 18.0 Å². The minimum Gasteiger partial charge on any atom is -0.337 e. The highest BCUT2D eigenvalue weighted by Crippen LogP contribution is 2.31. The fraction of sp³-hybridized carbons (Fsp3) is 0.318. The SMILES string of the molecule is O=C(N1CCN(c2ncc(F)c(-n3nccc3C(F)(F)F)n2)CC1)N1N=CCC1c1ccccc1. The van der Waals surface area contributed by atoms with Crippen LogP contribution in [-0.4, -0.2) is 68.1 Å². The number of halogens is 4. The largest absolute Gasteiger partial charge is 0.433 e. The summed E-state index contributed by atoms with van der Waals surface area (Å²) in [5.74, 6) is -1.57. The Bertz CT molecular complexity index is 1240. The Hall–Kier alpha value is -4.03. The van der Waals surface area contributed by atoms with Gasteiger partial charge in [0, 0.05) is 38.8 Å². The van der Waals surface area contributed by atoms with Crippen molar-refractivity contribution in [2.75, 3.05) is 31.1 Å². The predicted molar refractivity (Wildman–Crippen MR) is 117 cm³/mol. The second kappa shape index (κ2) is 8.96. The number of anilines is 1. The van der Waals surface area contributed by atoms with Crippen LogP contribution in [0.3, 0.4) is 0 Å². The Morgan fingerprint density at radius 3 is 2.49 bits per heavy atom. The first-order chi connectivity index (χ1) is 16.8. The van der Waals surface area contributed by atoms with Crippen LogP contribution in [-0.2, 0) is 6.18 Å². The molecule has 0 radical (unpaired) electrons. The Balaban J connectivity index is 1.29. The summed E-state index contributed by atoms with van der Waals surface area (Å²) in [7, 11) is 0. The number of hydrogen-bond acceptors (Lipinski definition) is 6. The van der Waals surface area contributed by atoms with Gasteiger partial charge in [-0.2, -0.15) is 28.4 Å². The van der Waals surface area contributed by atoms with Gasteiger partial charge in [-0.05, 0) is 11.6 Å². The molecule has 1 saturated heterocycles. The summed E-state index contributed by atoms with van der Waals surface area (Å²) < 4.78 is 54.5. The number of hydrogen-bond donors (Lipinski definition) is 0. The van der Waals surface area contributed by atoms with Crippen molar-refractivity contribution >= 4 is 18.2 Å². The first-order valence-electron chi connectivity index (χ1n) is 10.9. The summed E-state index contributed by atoms with van der Waals surface area (Å²) >= 11 is 0. The standard InChI is InChI=1S/C22H20F4N8O/c23-16-14-27-20(30-19(16)34-18(7-9-29-34)22(24,25)26)31-10-12-32(13-11-31)21(35)33-17(6-8-28-33)15-4-2-1-3-5-15/h1-5,7-9,14,17H,6,10-13H2. The lowest BCUT2D eigenvalue weighted by molar-refractivity contribution is -0.142. The van der Waals surface area contributed by atoms with Crippen LogP contribution in [0.1, 0.15) is 23.7 Å². The maximum atomic E-state index is 14.3. The number of nitrogens with zero attached hydrogens (tertiary/aromatic N) is 8. The first-order valence-corrected chi connectivity index (χ1v) is 10.9. The number of amides is 2. The van der Waals surface area contributed by atoms with Crippen molar-refractivity contribution in [3.8, 4) is 5.82 Å². The Kier molecular flexibility index (Phi) is 5.83. The molecule has 0 aliphatic carbocycles. The molecule has 0 bridgehead atoms. The summed E-state index contributed by atoms with van der Waals surface area (Å²) in [6.45, 7) is 1.27. The van der Waals surface area contributed by atoms with Crippen molar-refractivity contribution in [1.29, 1.82) is 0 Å². The molecule has 2 aliphatic rings. The Morgan fingerprint density at radius 1 is 1.03 bits per heavy atom. The third-order valence-corrected chi connectivity index (χ3v) is 5.89. The highest BCUT2D eigenvalue weighted by atomic mass is 19.4. The minimum absolute atomic E-state index is 0.0541. The molecular formula is C22H20F4N8O. The van der Waals surface area contributed by atoms with Crippen LogP contribution in [0.15, 0.2) is 53.9 Å². The van der Waals surface area contributed by atoms with Gasteiger partial charge in [-0.3, -0.25) is 0 Å². The van der Waals surface area contributed by atoms with E-state index in [1.807, 2.05) is 30.3 Å². The predicted octanol–water partition coefficient (Wildman–Crippen LogP) is 3.50. The number of urea groups is 1. The number of alkyl halides is 3. The van der Waals surface area contributed by atoms with Gasteiger partial charge in [-0.1, -0.05) is 30.3 Å². The molecule has 35 heavy (non-hydrogen) atoms. The van der Waals surface area contributed by atoms with Crippen molar-refractivity contribution < 1.29 is 22.4 Å². The molecule has 0 N–H and O–H groups in total. The summed E-state index contributed by atoms with van der Waals surface area (Å²) in [6.07, 6.45) is -0.645. The number of rotatable bonds is 3. The monoisotopic (exact) mass is 488 g/mol. The number of carbonyl (C=O) groups is 1. The molecule has 5 rings (SSSR count). The molecular weight excluding hydrogens is 468 g/mol. The molecule has 1 aromatic carbocycles. The van der Waals surface area contributed by atoms with Crippen LogP contribution < -0.4 is 4.90 Å². The zero-order valence-electron chi connectivity index (χ0n) is 18.3. The van der Waals surface area contributed by atoms with Crippen molar-refractivity contribution in [3.05, 3.63) is 65.9 Å². The molecule has 2 aliphatic heterocycles. The summed E-state index contributed by atoms with van der Waals surface area (Å²) in [6, 6.07) is 9.95. The number of carbonyl (C=O) groups excluding carboxylic acids is 1. The average molecular weight is 488 g/mol. The summed E-state index contributed by atoms with van der Waals surface area (Å²) in [5.41, 5.74) is -0.156. The normalized spacial score (nSPS) is 18.4. The fourth-order valence-corrected chi connectivity index (χ4v) is 4.13. The van der Waals surface area contributed by atoms with Crippen LogP contribution in [0.5, 0.6) is 0 Å². The zero-order chi connectivity index (χ0) is 24.6. The molecule has 3 aromatic rings. The lowest BCUT2D eigenvalue weighted by Crippen LogP contribution is -2.52. The fourth-order valence-electron chi connectivity index (χ4n) is 4.13. The van der Waals surface area contributed by atoms with Crippen LogP contribution in [0, 0.1) is 5.82 Å². The van der Waals surface area contributed by atoms with Gasteiger partial charge in [-0.15, -0.1) is 0 Å². The molecule has 4 heterocycles. The van der Waals surface area contributed by atoms with E-state index < -0.39 is 23.5 Å². The third kappa shape index (κ3) is 4.40. The smallest absolute Gasteiger partial charge is 0.337 e. The summed E-state index contributed by atoms with van der Waals surface area (Å²) in [4.78, 5) is 24.4. The van der Waals surface area contributed by atoms with E-state index in [9.17, 15) is 22.4 Å². The molecule has 1 fully saturated rings. The van der Waals surface area contributed by atoms with Gasteiger partial charge in [0.05, 0.1) is 18.4 Å². The number of benzene rings is 1. The van der Waals surface area contributed by atoms with Crippen molar-refractivity contribution in [2.24, 2.45) is 5.10 Å². The van der Waals surface area contributed by atoms with E-state index in [1.54, 1.807) is 16.0 Å². The highest BCUT2D eigenvalue weighted by Gasteiger charge is 2.37. The molecule has 13 heteroatoms. The number of hydrazone groups is 1. The topological polar surface area (TPSA) is 82.8 Å². The van der Waals surface area contributed by atoms with E-state index in [4.69, 9.17) is 0 Å². The van der Waals surface area contributed by atoms with Gasteiger partial charge < -0.3 is 9.80 Å². The van der Waals surface area contributed by atoms with Crippen molar-refractivity contribution in [3.63, 3.8) is 0 Å². The van der Waals surface area contributed by atoms with Gasteiger partial charge in [0.2, 0.25) is 5.95 Å². The van der Waals surface area contributed by atoms with E-state index in [0.29, 0.717) is 37.3 Å². The number of aromatic nitrogens is 4. The molecule has 2 aromatic heterocycles. The molecule has 0 spiro atoms. The van der Waals surface area contributed by atoms with Crippen molar-refractivity contribution in [2.45, 2.75) is 18.6 Å². The molecule has 1 atom stereocenters. The summed E-state index contributed by atoms with van der Waals surface area (Å²) in [5, 5.41) is 9.31. The maximum absolute atomic E-state index is 14.3. The lowest BCUT2D eigenvalue weighted by Gasteiger charge is -2.37. The zero-order valence-corrected chi connectivity index (χ0v) is 18.3. The maximum Gasteiger partial charge on any atom is 0.433 e. The van der Waals surface area contributed by atoms with Gasteiger partial charge in [0.1, 0.15) is 5.69 Å². The van der Waals surface area contributed by atoms with E-state index >= 15 is 0 Å².